The number of hydrogen-bond acceptors (Lipinski definition) is 3. The molecule has 3 heteroatoms. The molecule has 0 spiro atoms. The second-order valence-corrected chi connectivity index (χ2v) is 5.67. The summed E-state index contributed by atoms with van der Waals surface area (Å²) >= 11 is 0. The van der Waals surface area contributed by atoms with Gasteiger partial charge in [-0.25, -0.2) is 0 Å². The molecule has 0 bridgehead atoms. The summed E-state index contributed by atoms with van der Waals surface area (Å²) in [4.78, 5) is 14.4. The van der Waals surface area contributed by atoms with E-state index in [1.54, 1.807) is 0 Å². The van der Waals surface area contributed by atoms with Gasteiger partial charge in [-0.2, -0.15) is 0 Å². The Bertz CT molecular complexity index is 372. The first-order chi connectivity index (χ1) is 7.94. The van der Waals surface area contributed by atoms with Crippen LogP contribution >= 0.6 is 0 Å². The van der Waals surface area contributed by atoms with Gasteiger partial charge in [0.15, 0.2) is 5.78 Å². The second kappa shape index (κ2) is 4.21. The maximum Gasteiger partial charge on any atom is 0.161 e. The maximum absolute atomic E-state index is 12.2. The molecule has 3 nitrogen and oxygen atoms in total. The number of fused-ring (bicyclic) bond motifs is 1. The lowest BCUT2D eigenvalue weighted by Crippen LogP contribution is -2.51. The molecule has 0 amide bonds. The number of hydrogen-bond donors (Lipinski definition) is 1. The van der Waals surface area contributed by atoms with Crippen molar-refractivity contribution in [1.29, 1.82) is 0 Å². The van der Waals surface area contributed by atoms with Crippen molar-refractivity contribution >= 4 is 5.78 Å². The van der Waals surface area contributed by atoms with Gasteiger partial charge in [-0.1, -0.05) is 13.8 Å². The molecule has 17 heavy (non-hydrogen) atoms. The van der Waals surface area contributed by atoms with Crippen LogP contribution in [0.5, 0.6) is 0 Å². The van der Waals surface area contributed by atoms with Crippen LogP contribution in [-0.4, -0.2) is 41.5 Å². The molecule has 3 atom stereocenters. The van der Waals surface area contributed by atoms with Crippen LogP contribution in [0, 0.1) is 5.92 Å². The molecule has 0 aromatic carbocycles. The molecule has 0 radical (unpaired) electrons. The summed E-state index contributed by atoms with van der Waals surface area (Å²) < 4.78 is 0. The average molecular weight is 237 g/mol. The number of likely N-dealkylation sites (N-methyl/N-ethyl adjacent to an activating group) is 1. The van der Waals surface area contributed by atoms with E-state index in [0.717, 1.165) is 24.8 Å². The number of rotatable bonds is 2. The molecule has 2 aliphatic carbocycles. The van der Waals surface area contributed by atoms with Crippen molar-refractivity contribution in [2.24, 2.45) is 5.92 Å². The first-order valence-electron chi connectivity index (χ1n) is 6.56. The van der Waals surface area contributed by atoms with Crippen molar-refractivity contribution in [1.82, 2.24) is 4.90 Å². The number of Topliss-reactive ketones (excluding diaryl/α,β-unsaturated/α-hetero) is 1. The highest BCUT2D eigenvalue weighted by Gasteiger charge is 2.51. The van der Waals surface area contributed by atoms with Gasteiger partial charge < -0.3 is 5.11 Å². The standard InChI is InChI=1S/C14H23NO2/c1-5-10-12(17)8-14(15(3)4)7-6-11(16)9(2)13(10)14/h9,11,16H,5-8H2,1-4H3/t9-,11+,14-/m0/s1. The van der Waals surface area contributed by atoms with E-state index in [1.807, 2.05) is 6.92 Å². The minimum atomic E-state index is -0.287. The molecule has 0 aromatic rings. The average Bonchev–Trinajstić information content (AvgIpc) is 2.58. The third-order valence-corrected chi connectivity index (χ3v) is 4.71. The highest BCUT2D eigenvalue weighted by molar-refractivity contribution is 6.01. The number of nitrogens with zero attached hydrogens (tertiary/aromatic N) is 1. The molecule has 0 saturated heterocycles. The van der Waals surface area contributed by atoms with Crippen LogP contribution in [0.15, 0.2) is 11.1 Å². The van der Waals surface area contributed by atoms with Crippen LogP contribution in [0.2, 0.25) is 0 Å². The van der Waals surface area contributed by atoms with Crippen LogP contribution in [-0.2, 0) is 4.79 Å². The summed E-state index contributed by atoms with van der Waals surface area (Å²) in [5.74, 6) is 0.407. The van der Waals surface area contributed by atoms with E-state index in [2.05, 4.69) is 25.9 Å². The van der Waals surface area contributed by atoms with Crippen molar-refractivity contribution in [2.75, 3.05) is 14.1 Å². The molecule has 2 rings (SSSR count). The van der Waals surface area contributed by atoms with Crippen molar-refractivity contribution < 1.29 is 9.90 Å². The predicted molar refractivity (Wildman–Crippen MR) is 67.8 cm³/mol. The highest BCUT2D eigenvalue weighted by Crippen LogP contribution is 2.49. The highest BCUT2D eigenvalue weighted by atomic mass is 16.3. The van der Waals surface area contributed by atoms with E-state index in [0.29, 0.717) is 6.42 Å². The van der Waals surface area contributed by atoms with E-state index in [1.165, 1.54) is 5.57 Å². The fourth-order valence-corrected chi connectivity index (χ4v) is 3.66. The Balaban J connectivity index is 2.54. The lowest BCUT2D eigenvalue weighted by molar-refractivity contribution is -0.116. The monoisotopic (exact) mass is 237 g/mol. The van der Waals surface area contributed by atoms with Crippen LogP contribution in [0.4, 0.5) is 0 Å². The molecule has 1 fully saturated rings. The molecule has 0 unspecified atom stereocenters. The quantitative estimate of drug-likeness (QED) is 0.795. The Kier molecular flexibility index (Phi) is 3.17. The van der Waals surface area contributed by atoms with E-state index in [4.69, 9.17) is 0 Å². The number of aliphatic hydroxyl groups is 1. The zero-order valence-corrected chi connectivity index (χ0v) is 11.3. The van der Waals surface area contributed by atoms with Crippen LogP contribution in [0.25, 0.3) is 0 Å². The largest absolute Gasteiger partial charge is 0.393 e. The molecule has 0 aliphatic heterocycles. The van der Waals surface area contributed by atoms with Gasteiger partial charge in [-0.15, -0.1) is 0 Å². The van der Waals surface area contributed by atoms with Crippen LogP contribution in [0.3, 0.4) is 0 Å². The smallest absolute Gasteiger partial charge is 0.161 e. The summed E-state index contributed by atoms with van der Waals surface area (Å²) in [6.45, 7) is 4.10. The van der Waals surface area contributed by atoms with Gasteiger partial charge in [0.2, 0.25) is 0 Å². The van der Waals surface area contributed by atoms with Gasteiger partial charge >= 0.3 is 0 Å². The Morgan fingerprint density at radius 1 is 1.47 bits per heavy atom. The molecule has 1 saturated carbocycles. The summed E-state index contributed by atoms with van der Waals surface area (Å²) in [5.41, 5.74) is 2.08. The topological polar surface area (TPSA) is 40.5 Å². The van der Waals surface area contributed by atoms with Crippen molar-refractivity contribution in [3.8, 4) is 0 Å². The van der Waals surface area contributed by atoms with Gasteiger partial charge in [0.05, 0.1) is 6.10 Å². The van der Waals surface area contributed by atoms with Gasteiger partial charge in [-0.05, 0) is 44.5 Å². The summed E-state index contributed by atoms with van der Waals surface area (Å²) in [7, 11) is 4.10. The van der Waals surface area contributed by atoms with Crippen LogP contribution < -0.4 is 0 Å². The first-order valence-corrected chi connectivity index (χ1v) is 6.56. The number of allylic oxidation sites excluding steroid dienone is 1. The van der Waals surface area contributed by atoms with Gasteiger partial charge in [0.1, 0.15) is 0 Å². The first kappa shape index (κ1) is 12.8. The normalized spacial score (nSPS) is 37.9. The summed E-state index contributed by atoms with van der Waals surface area (Å²) in [6, 6.07) is 0. The fourth-order valence-electron chi connectivity index (χ4n) is 3.66. The number of ketones is 1. The number of carbonyl (C=O) groups excluding carboxylic acids is 1. The molecule has 96 valence electrons. The third kappa shape index (κ3) is 1.67. The second-order valence-electron chi connectivity index (χ2n) is 5.67. The van der Waals surface area contributed by atoms with Gasteiger partial charge in [-0.3, -0.25) is 9.69 Å². The Morgan fingerprint density at radius 2 is 2.12 bits per heavy atom. The summed E-state index contributed by atoms with van der Waals surface area (Å²) in [5, 5.41) is 10.1. The Hall–Kier alpha value is -0.670. The minimum Gasteiger partial charge on any atom is -0.393 e. The van der Waals surface area contributed by atoms with Crippen LogP contribution in [0.1, 0.15) is 39.5 Å². The minimum absolute atomic E-state index is 0.110. The lowest BCUT2D eigenvalue weighted by Gasteiger charge is -2.46. The van der Waals surface area contributed by atoms with Gasteiger partial charge in [0, 0.05) is 17.9 Å². The molecular weight excluding hydrogens is 214 g/mol. The summed E-state index contributed by atoms with van der Waals surface area (Å²) in [6.07, 6.45) is 2.81. The SMILES string of the molecule is CCC1=C2[C@@H](C)[C@H](O)CC[C@]2(N(C)C)CC1=O. The lowest BCUT2D eigenvalue weighted by atomic mass is 9.70. The zero-order valence-electron chi connectivity index (χ0n) is 11.3. The molecule has 2 aliphatic rings. The zero-order chi connectivity index (χ0) is 12.8. The Morgan fingerprint density at radius 3 is 2.65 bits per heavy atom. The Labute approximate surface area is 103 Å². The maximum atomic E-state index is 12.2. The predicted octanol–water partition coefficient (Wildman–Crippen LogP) is 1.76. The van der Waals surface area contributed by atoms with E-state index in [9.17, 15) is 9.90 Å². The van der Waals surface area contributed by atoms with Crippen molar-refractivity contribution in [3.63, 3.8) is 0 Å². The molecular formula is C14H23NO2. The number of carbonyl (C=O) groups is 1. The van der Waals surface area contributed by atoms with E-state index >= 15 is 0 Å². The molecule has 1 N–H and O–H groups in total. The third-order valence-electron chi connectivity index (χ3n) is 4.71. The van der Waals surface area contributed by atoms with E-state index in [-0.39, 0.29) is 23.3 Å². The van der Waals surface area contributed by atoms with E-state index < -0.39 is 0 Å². The molecule has 0 heterocycles. The van der Waals surface area contributed by atoms with Crippen molar-refractivity contribution in [2.45, 2.75) is 51.2 Å². The molecule has 0 aromatic heterocycles. The van der Waals surface area contributed by atoms with Gasteiger partial charge in [0.25, 0.3) is 0 Å². The van der Waals surface area contributed by atoms with Crippen molar-refractivity contribution in [3.05, 3.63) is 11.1 Å². The fraction of sp³-hybridized carbons (Fsp3) is 0.786. The number of aliphatic hydroxyl groups excluding tert-OH is 1.